The molecule has 0 fully saturated rings. The molecule has 2 unspecified atom stereocenters. The van der Waals surface area contributed by atoms with E-state index < -0.39 is 35.6 Å². The number of nitrogens with zero attached hydrogens (tertiary/aromatic N) is 1. The molecule has 0 bridgehead atoms. The fourth-order valence-corrected chi connectivity index (χ4v) is 4.60. The summed E-state index contributed by atoms with van der Waals surface area (Å²) >= 11 is 0. The van der Waals surface area contributed by atoms with Gasteiger partial charge in [0.15, 0.2) is 0 Å². The van der Waals surface area contributed by atoms with Crippen molar-refractivity contribution in [2.45, 2.75) is 58.7 Å². The average molecular weight is 566 g/mol. The fraction of sp³-hybridized carbons (Fsp3) is 0.286. The summed E-state index contributed by atoms with van der Waals surface area (Å²) in [5.41, 5.74) is 3.72. The average Bonchev–Trinajstić information content (AvgIpc) is 2.94. The van der Waals surface area contributed by atoms with Crippen LogP contribution in [0.2, 0.25) is 0 Å². The van der Waals surface area contributed by atoms with Crippen molar-refractivity contribution in [2.24, 2.45) is 0 Å². The van der Waals surface area contributed by atoms with Crippen LogP contribution in [0.1, 0.15) is 54.6 Å². The number of hydrogen-bond donors (Lipinski definition) is 2. The minimum atomic E-state index is -1.06. The fourth-order valence-electron chi connectivity index (χ4n) is 4.60. The Labute approximate surface area is 249 Å². The topological polar surface area (TPSA) is 87.7 Å². The third kappa shape index (κ3) is 8.58. The Morgan fingerprint density at radius 1 is 0.976 bits per heavy atom. The number of carbonyl (C=O) groups is 3. The predicted octanol–water partition coefficient (Wildman–Crippen LogP) is 6.12. The maximum absolute atomic E-state index is 14.4. The van der Waals surface area contributed by atoms with Gasteiger partial charge in [-0.3, -0.25) is 9.59 Å². The van der Waals surface area contributed by atoms with Crippen LogP contribution in [0.15, 0.2) is 85.5 Å². The van der Waals surface area contributed by atoms with Gasteiger partial charge in [-0.1, -0.05) is 72.7 Å². The van der Waals surface area contributed by atoms with E-state index in [-0.39, 0.29) is 13.0 Å². The number of hydrogen-bond acceptors (Lipinski definition) is 4. The van der Waals surface area contributed by atoms with Crippen molar-refractivity contribution in [2.75, 3.05) is 11.9 Å². The summed E-state index contributed by atoms with van der Waals surface area (Å²) in [6.45, 7) is 13.0. The number of carbonyl (C=O) groups excluding carboxylic acids is 3. The summed E-state index contributed by atoms with van der Waals surface area (Å²) in [5, 5.41) is 5.79. The molecule has 0 radical (unpaired) electrons. The molecule has 0 spiro atoms. The Morgan fingerprint density at radius 2 is 1.60 bits per heavy atom. The largest absolute Gasteiger partial charge is 0.444 e. The SMILES string of the molecule is C#Cc1ccc(C(C(=O)Nc2c(C)cccc2C)N(CC=C)C(=O)C(Cc2ccccc2)NC(=O)OC(C)(C)C)cc1. The lowest BCUT2D eigenvalue weighted by Gasteiger charge is -2.34. The van der Waals surface area contributed by atoms with E-state index in [9.17, 15) is 14.4 Å². The van der Waals surface area contributed by atoms with Crippen LogP contribution in [0.25, 0.3) is 0 Å². The molecule has 7 nitrogen and oxygen atoms in total. The van der Waals surface area contributed by atoms with Gasteiger partial charge >= 0.3 is 6.09 Å². The Morgan fingerprint density at radius 3 is 2.14 bits per heavy atom. The van der Waals surface area contributed by atoms with Gasteiger partial charge in [0.1, 0.15) is 17.7 Å². The molecule has 0 aliphatic rings. The second-order valence-corrected chi connectivity index (χ2v) is 11.1. The van der Waals surface area contributed by atoms with Crippen LogP contribution in [0, 0.1) is 26.2 Å². The maximum Gasteiger partial charge on any atom is 0.408 e. The molecular formula is C35H39N3O4. The molecule has 2 atom stereocenters. The van der Waals surface area contributed by atoms with Crippen molar-refractivity contribution in [1.82, 2.24) is 10.2 Å². The van der Waals surface area contributed by atoms with Crippen molar-refractivity contribution < 1.29 is 19.1 Å². The van der Waals surface area contributed by atoms with Gasteiger partial charge in [0.05, 0.1) is 0 Å². The summed E-state index contributed by atoms with van der Waals surface area (Å²) in [5.74, 6) is 1.71. The summed E-state index contributed by atoms with van der Waals surface area (Å²) in [7, 11) is 0. The van der Waals surface area contributed by atoms with Crippen LogP contribution >= 0.6 is 0 Å². The lowest BCUT2D eigenvalue weighted by molar-refractivity contribution is -0.140. The number of benzene rings is 3. The molecular weight excluding hydrogens is 526 g/mol. The summed E-state index contributed by atoms with van der Waals surface area (Å²) in [6.07, 6.45) is 6.58. The normalized spacial score (nSPS) is 12.3. The first-order valence-corrected chi connectivity index (χ1v) is 13.8. The number of terminal acetylenes is 1. The van der Waals surface area contributed by atoms with E-state index in [1.807, 2.05) is 62.4 Å². The molecule has 7 heteroatoms. The van der Waals surface area contributed by atoms with E-state index in [2.05, 4.69) is 23.1 Å². The number of alkyl carbamates (subject to hydrolysis) is 1. The van der Waals surface area contributed by atoms with Crippen molar-refractivity contribution in [3.8, 4) is 12.3 Å². The first-order chi connectivity index (χ1) is 19.9. The van der Waals surface area contributed by atoms with Gasteiger partial charge in [0.2, 0.25) is 5.91 Å². The zero-order chi connectivity index (χ0) is 30.9. The molecule has 0 saturated heterocycles. The molecule has 2 N–H and O–H groups in total. The standard InChI is InChI=1S/C35H39N3O4/c1-8-22-38(33(40)29(23-27-16-11-10-12-17-27)36-34(41)42-35(5,6)7)31(28-20-18-26(9-2)19-21-28)32(39)37-30-24(3)14-13-15-25(30)4/h2,8,10-21,29,31H,1,22-23H2,3-7H3,(H,36,41)(H,37,39). The van der Waals surface area contributed by atoms with E-state index in [0.29, 0.717) is 16.8 Å². The molecule has 42 heavy (non-hydrogen) atoms. The van der Waals surface area contributed by atoms with Crippen LogP contribution in [0.4, 0.5) is 10.5 Å². The van der Waals surface area contributed by atoms with Crippen LogP contribution in [0.5, 0.6) is 0 Å². The summed E-state index contributed by atoms with van der Waals surface area (Å²) in [4.78, 5) is 42.8. The van der Waals surface area contributed by atoms with Gasteiger partial charge in [-0.05, 0) is 69.0 Å². The van der Waals surface area contributed by atoms with E-state index in [1.54, 1.807) is 51.1 Å². The molecule has 3 aromatic carbocycles. The minimum absolute atomic E-state index is 0.0435. The maximum atomic E-state index is 14.4. The van der Waals surface area contributed by atoms with Crippen LogP contribution < -0.4 is 10.6 Å². The Kier molecular flexibility index (Phi) is 10.7. The number of anilines is 1. The monoisotopic (exact) mass is 565 g/mol. The Hall–Kier alpha value is -4.83. The van der Waals surface area contributed by atoms with Crippen LogP contribution in [-0.2, 0) is 20.7 Å². The zero-order valence-electron chi connectivity index (χ0n) is 24.9. The number of ether oxygens (including phenoxy) is 1. The predicted molar refractivity (Wildman–Crippen MR) is 167 cm³/mol. The van der Waals surface area contributed by atoms with Gasteiger partial charge in [0.25, 0.3) is 5.91 Å². The van der Waals surface area contributed by atoms with Gasteiger partial charge < -0.3 is 20.3 Å². The number of aryl methyl sites for hydroxylation is 2. The quantitative estimate of drug-likeness (QED) is 0.229. The molecule has 218 valence electrons. The molecule has 3 amide bonds. The molecule has 0 aromatic heterocycles. The molecule has 3 rings (SSSR count). The number of nitrogens with one attached hydrogen (secondary N) is 2. The van der Waals surface area contributed by atoms with Crippen molar-refractivity contribution in [1.29, 1.82) is 0 Å². The first-order valence-electron chi connectivity index (χ1n) is 13.8. The Bertz CT molecular complexity index is 1430. The van der Waals surface area contributed by atoms with Gasteiger partial charge in [0, 0.05) is 24.2 Å². The second-order valence-electron chi connectivity index (χ2n) is 11.1. The van der Waals surface area contributed by atoms with Gasteiger partial charge in [-0.25, -0.2) is 4.79 Å². The number of para-hydroxylation sites is 1. The first kappa shape index (κ1) is 31.7. The van der Waals surface area contributed by atoms with E-state index in [0.717, 1.165) is 16.7 Å². The van der Waals surface area contributed by atoms with Crippen molar-refractivity contribution in [3.63, 3.8) is 0 Å². The summed E-state index contributed by atoms with van der Waals surface area (Å²) in [6, 6.07) is 19.9. The zero-order valence-corrected chi connectivity index (χ0v) is 24.9. The lowest BCUT2D eigenvalue weighted by Crippen LogP contribution is -2.53. The van der Waals surface area contributed by atoms with Crippen LogP contribution in [-0.4, -0.2) is 41.0 Å². The highest BCUT2D eigenvalue weighted by atomic mass is 16.6. The van der Waals surface area contributed by atoms with Crippen LogP contribution in [0.3, 0.4) is 0 Å². The number of amides is 3. The highest BCUT2D eigenvalue weighted by molar-refractivity contribution is 6.00. The second kappa shape index (κ2) is 14.2. The Balaban J connectivity index is 2.08. The highest BCUT2D eigenvalue weighted by Crippen LogP contribution is 2.27. The highest BCUT2D eigenvalue weighted by Gasteiger charge is 2.36. The van der Waals surface area contributed by atoms with Gasteiger partial charge in [-0.15, -0.1) is 13.0 Å². The third-order valence-corrected chi connectivity index (χ3v) is 6.56. The van der Waals surface area contributed by atoms with E-state index in [4.69, 9.17) is 11.2 Å². The minimum Gasteiger partial charge on any atom is -0.444 e. The summed E-state index contributed by atoms with van der Waals surface area (Å²) < 4.78 is 5.48. The lowest BCUT2D eigenvalue weighted by atomic mass is 9.99. The molecule has 0 heterocycles. The van der Waals surface area contributed by atoms with Crippen molar-refractivity contribution >= 4 is 23.6 Å². The van der Waals surface area contributed by atoms with Gasteiger partial charge in [-0.2, -0.15) is 0 Å². The molecule has 0 aliphatic heterocycles. The molecule has 3 aromatic rings. The molecule has 0 saturated carbocycles. The number of rotatable bonds is 10. The van der Waals surface area contributed by atoms with E-state index in [1.165, 1.54) is 4.90 Å². The third-order valence-electron chi connectivity index (χ3n) is 6.56. The molecule has 0 aliphatic carbocycles. The van der Waals surface area contributed by atoms with Crippen molar-refractivity contribution in [3.05, 3.63) is 113 Å². The smallest absolute Gasteiger partial charge is 0.408 e. The van der Waals surface area contributed by atoms with E-state index >= 15 is 0 Å².